The molecule has 2 N–H and O–H groups in total. The first-order valence-electron chi connectivity index (χ1n) is 7.87. The number of piperazine rings is 1. The summed E-state index contributed by atoms with van der Waals surface area (Å²) in [7, 11) is 2.11. The maximum atomic E-state index is 12.2. The van der Waals surface area contributed by atoms with E-state index < -0.39 is 6.10 Å². The summed E-state index contributed by atoms with van der Waals surface area (Å²) >= 11 is 0. The van der Waals surface area contributed by atoms with Gasteiger partial charge in [-0.2, -0.15) is 0 Å². The number of amides is 1. The van der Waals surface area contributed by atoms with Gasteiger partial charge in [-0.25, -0.2) is 0 Å². The third-order valence-electron chi connectivity index (χ3n) is 4.54. The molecule has 0 saturated carbocycles. The molecular formula is C15H31N3O2. The van der Waals surface area contributed by atoms with Gasteiger partial charge in [0.05, 0.1) is 12.1 Å². The fraction of sp³-hybridized carbons (Fsp3) is 0.933. The molecule has 0 aromatic carbocycles. The second-order valence-corrected chi connectivity index (χ2v) is 5.90. The van der Waals surface area contributed by atoms with Gasteiger partial charge in [0.15, 0.2) is 0 Å². The molecule has 5 heteroatoms. The number of aliphatic hydroxyl groups is 1. The summed E-state index contributed by atoms with van der Waals surface area (Å²) in [5.74, 6) is 0.300. The number of nitrogens with zero attached hydrogens (tertiary/aromatic N) is 2. The molecule has 1 rings (SSSR count). The fourth-order valence-electron chi connectivity index (χ4n) is 2.73. The zero-order chi connectivity index (χ0) is 15.1. The Labute approximate surface area is 123 Å². The monoisotopic (exact) mass is 285 g/mol. The number of carbonyl (C=O) groups excluding carboxylic acids is 1. The number of carbonyl (C=O) groups is 1. The molecule has 0 aromatic rings. The Hall–Kier alpha value is -0.650. The third kappa shape index (κ3) is 5.04. The molecule has 1 fully saturated rings. The van der Waals surface area contributed by atoms with Crippen molar-refractivity contribution in [3.05, 3.63) is 0 Å². The second kappa shape index (κ2) is 8.60. The van der Waals surface area contributed by atoms with Gasteiger partial charge in [-0.1, -0.05) is 26.7 Å². The van der Waals surface area contributed by atoms with Gasteiger partial charge in [0, 0.05) is 32.7 Å². The van der Waals surface area contributed by atoms with Crippen LogP contribution >= 0.6 is 0 Å². The van der Waals surface area contributed by atoms with E-state index in [0.717, 1.165) is 39.0 Å². The lowest BCUT2D eigenvalue weighted by molar-refractivity contribution is -0.127. The van der Waals surface area contributed by atoms with Gasteiger partial charge in [0.25, 0.3) is 0 Å². The lowest BCUT2D eigenvalue weighted by Crippen LogP contribution is -2.53. The third-order valence-corrected chi connectivity index (χ3v) is 4.54. The SMILES string of the molecule is CCC(CC)C(O)CNC(=O)C(C)N1CCN(C)CC1. The van der Waals surface area contributed by atoms with Crippen LogP contribution in [0.4, 0.5) is 0 Å². The van der Waals surface area contributed by atoms with E-state index in [0.29, 0.717) is 6.54 Å². The molecule has 1 saturated heterocycles. The van der Waals surface area contributed by atoms with Crippen molar-refractivity contribution in [2.24, 2.45) is 5.92 Å². The van der Waals surface area contributed by atoms with E-state index in [4.69, 9.17) is 0 Å². The Morgan fingerprint density at radius 1 is 1.20 bits per heavy atom. The number of hydrogen-bond acceptors (Lipinski definition) is 4. The molecule has 0 radical (unpaired) electrons. The van der Waals surface area contributed by atoms with Crippen molar-refractivity contribution in [3.8, 4) is 0 Å². The van der Waals surface area contributed by atoms with Crippen LogP contribution in [0.25, 0.3) is 0 Å². The number of rotatable bonds is 7. The van der Waals surface area contributed by atoms with Crippen LogP contribution in [0, 0.1) is 5.92 Å². The average Bonchev–Trinajstić information content (AvgIpc) is 2.46. The summed E-state index contributed by atoms with van der Waals surface area (Å²) < 4.78 is 0. The molecule has 0 spiro atoms. The zero-order valence-corrected chi connectivity index (χ0v) is 13.4. The number of nitrogens with one attached hydrogen (secondary N) is 1. The Morgan fingerprint density at radius 2 is 1.75 bits per heavy atom. The van der Waals surface area contributed by atoms with E-state index >= 15 is 0 Å². The average molecular weight is 285 g/mol. The number of aliphatic hydroxyl groups excluding tert-OH is 1. The quantitative estimate of drug-likeness (QED) is 0.717. The highest BCUT2D eigenvalue weighted by Gasteiger charge is 2.25. The Bertz CT molecular complexity index is 287. The fourth-order valence-corrected chi connectivity index (χ4v) is 2.73. The van der Waals surface area contributed by atoms with Crippen molar-refractivity contribution in [2.45, 2.75) is 45.8 Å². The molecule has 1 heterocycles. The van der Waals surface area contributed by atoms with Crippen molar-refractivity contribution in [2.75, 3.05) is 39.8 Å². The van der Waals surface area contributed by atoms with Gasteiger partial charge in [-0.05, 0) is 19.9 Å². The maximum Gasteiger partial charge on any atom is 0.237 e. The van der Waals surface area contributed by atoms with Crippen molar-refractivity contribution < 1.29 is 9.90 Å². The molecule has 0 aliphatic carbocycles. The molecule has 20 heavy (non-hydrogen) atoms. The molecule has 5 nitrogen and oxygen atoms in total. The van der Waals surface area contributed by atoms with Crippen LogP contribution in [0.3, 0.4) is 0 Å². The van der Waals surface area contributed by atoms with E-state index in [9.17, 15) is 9.90 Å². The molecule has 1 aliphatic rings. The van der Waals surface area contributed by atoms with Gasteiger partial charge >= 0.3 is 0 Å². The van der Waals surface area contributed by atoms with Crippen molar-refractivity contribution >= 4 is 5.91 Å². The first-order chi connectivity index (χ1) is 9.49. The van der Waals surface area contributed by atoms with E-state index in [-0.39, 0.29) is 17.9 Å². The van der Waals surface area contributed by atoms with Crippen LogP contribution in [0.15, 0.2) is 0 Å². The minimum Gasteiger partial charge on any atom is -0.391 e. The van der Waals surface area contributed by atoms with Crippen molar-refractivity contribution in [3.63, 3.8) is 0 Å². The highest BCUT2D eigenvalue weighted by atomic mass is 16.3. The van der Waals surface area contributed by atoms with E-state index in [2.05, 4.69) is 36.0 Å². The Kier molecular flexibility index (Phi) is 7.48. The summed E-state index contributed by atoms with van der Waals surface area (Å²) in [6.07, 6.45) is 1.46. The summed E-state index contributed by atoms with van der Waals surface area (Å²) in [6.45, 7) is 10.3. The smallest absolute Gasteiger partial charge is 0.237 e. The van der Waals surface area contributed by atoms with Crippen LogP contribution < -0.4 is 5.32 Å². The largest absolute Gasteiger partial charge is 0.391 e. The molecule has 1 aliphatic heterocycles. The van der Waals surface area contributed by atoms with Gasteiger partial charge < -0.3 is 15.3 Å². The minimum atomic E-state index is -0.436. The molecule has 0 aromatic heterocycles. The van der Waals surface area contributed by atoms with Crippen molar-refractivity contribution in [1.82, 2.24) is 15.1 Å². The molecule has 1 amide bonds. The van der Waals surface area contributed by atoms with Crippen LogP contribution in [0.2, 0.25) is 0 Å². The van der Waals surface area contributed by atoms with Crippen LogP contribution in [0.5, 0.6) is 0 Å². The molecule has 0 bridgehead atoms. The summed E-state index contributed by atoms with van der Waals surface area (Å²) in [6, 6.07) is -0.113. The second-order valence-electron chi connectivity index (χ2n) is 5.90. The molecule has 2 unspecified atom stereocenters. The van der Waals surface area contributed by atoms with Gasteiger partial charge in [0.2, 0.25) is 5.91 Å². The van der Waals surface area contributed by atoms with Gasteiger partial charge in [-0.3, -0.25) is 9.69 Å². The zero-order valence-electron chi connectivity index (χ0n) is 13.4. The van der Waals surface area contributed by atoms with Gasteiger partial charge in [-0.15, -0.1) is 0 Å². The van der Waals surface area contributed by atoms with E-state index in [1.807, 2.05) is 6.92 Å². The number of hydrogen-bond donors (Lipinski definition) is 2. The summed E-state index contributed by atoms with van der Waals surface area (Å²) in [5.41, 5.74) is 0. The maximum absolute atomic E-state index is 12.2. The van der Waals surface area contributed by atoms with E-state index in [1.54, 1.807) is 0 Å². The first kappa shape index (κ1) is 17.4. The van der Waals surface area contributed by atoms with Gasteiger partial charge in [0.1, 0.15) is 0 Å². The Balaban J connectivity index is 2.34. The normalized spacial score (nSPS) is 20.9. The minimum absolute atomic E-state index is 0.0274. The molecule has 118 valence electrons. The van der Waals surface area contributed by atoms with Crippen LogP contribution in [-0.2, 0) is 4.79 Å². The standard InChI is InChI=1S/C15H31N3O2/c1-5-13(6-2)14(19)11-16-15(20)12(3)18-9-7-17(4)8-10-18/h12-14,19H,5-11H2,1-4H3,(H,16,20). The summed E-state index contributed by atoms with van der Waals surface area (Å²) in [4.78, 5) is 16.6. The van der Waals surface area contributed by atoms with Crippen molar-refractivity contribution in [1.29, 1.82) is 0 Å². The molecule has 2 atom stereocenters. The Morgan fingerprint density at radius 3 is 2.25 bits per heavy atom. The predicted molar refractivity (Wildman–Crippen MR) is 81.6 cm³/mol. The van der Waals surface area contributed by atoms with Crippen LogP contribution in [-0.4, -0.2) is 72.7 Å². The van der Waals surface area contributed by atoms with Crippen LogP contribution in [0.1, 0.15) is 33.6 Å². The van der Waals surface area contributed by atoms with E-state index in [1.165, 1.54) is 0 Å². The first-order valence-corrected chi connectivity index (χ1v) is 7.87. The molecular weight excluding hydrogens is 254 g/mol. The number of likely N-dealkylation sites (N-methyl/N-ethyl adjacent to an activating group) is 1. The summed E-state index contributed by atoms with van der Waals surface area (Å²) in [5, 5.41) is 12.9. The lowest BCUT2D eigenvalue weighted by atomic mass is 9.96. The highest BCUT2D eigenvalue weighted by molar-refractivity contribution is 5.81. The highest BCUT2D eigenvalue weighted by Crippen LogP contribution is 2.12. The lowest BCUT2D eigenvalue weighted by Gasteiger charge is -2.35. The topological polar surface area (TPSA) is 55.8 Å². The predicted octanol–water partition coefficient (Wildman–Crippen LogP) is 0.536.